The number of halogens is 4. The van der Waals surface area contributed by atoms with Crippen molar-refractivity contribution >= 4 is 18.3 Å². The largest absolute Gasteiger partial charge is 0.411 e. The SMILES string of the molecule is Cl.O=C(NCc1cccc(COCC(F)(F)F)c1)C1CCNCC1. The summed E-state index contributed by atoms with van der Waals surface area (Å²) in [7, 11) is 0. The van der Waals surface area contributed by atoms with E-state index in [0.717, 1.165) is 31.5 Å². The molecule has 0 bridgehead atoms. The van der Waals surface area contributed by atoms with Gasteiger partial charge in [0.05, 0.1) is 6.61 Å². The lowest BCUT2D eigenvalue weighted by Crippen LogP contribution is -2.37. The molecule has 1 aromatic carbocycles. The predicted octanol–water partition coefficient (Wildman–Crippen LogP) is 2.80. The maximum Gasteiger partial charge on any atom is 0.411 e. The van der Waals surface area contributed by atoms with Crippen LogP contribution in [-0.4, -0.2) is 31.8 Å². The van der Waals surface area contributed by atoms with Crippen molar-refractivity contribution in [1.29, 1.82) is 0 Å². The van der Waals surface area contributed by atoms with Crippen LogP contribution in [0.3, 0.4) is 0 Å². The van der Waals surface area contributed by atoms with Crippen LogP contribution in [0.4, 0.5) is 13.2 Å². The van der Waals surface area contributed by atoms with E-state index in [0.29, 0.717) is 12.1 Å². The van der Waals surface area contributed by atoms with Crippen LogP contribution < -0.4 is 10.6 Å². The van der Waals surface area contributed by atoms with Crippen molar-refractivity contribution < 1.29 is 22.7 Å². The van der Waals surface area contributed by atoms with Crippen molar-refractivity contribution in [2.75, 3.05) is 19.7 Å². The van der Waals surface area contributed by atoms with Gasteiger partial charge in [-0.05, 0) is 37.1 Å². The van der Waals surface area contributed by atoms with E-state index in [2.05, 4.69) is 15.4 Å². The van der Waals surface area contributed by atoms with E-state index >= 15 is 0 Å². The van der Waals surface area contributed by atoms with E-state index in [9.17, 15) is 18.0 Å². The van der Waals surface area contributed by atoms with Gasteiger partial charge >= 0.3 is 6.18 Å². The molecule has 136 valence electrons. The minimum Gasteiger partial charge on any atom is -0.367 e. The van der Waals surface area contributed by atoms with Crippen LogP contribution in [0.2, 0.25) is 0 Å². The predicted molar refractivity (Wildman–Crippen MR) is 86.8 cm³/mol. The third-order valence-corrected chi connectivity index (χ3v) is 3.70. The van der Waals surface area contributed by atoms with E-state index in [4.69, 9.17) is 0 Å². The van der Waals surface area contributed by atoms with Crippen LogP contribution in [0, 0.1) is 5.92 Å². The monoisotopic (exact) mass is 366 g/mol. The van der Waals surface area contributed by atoms with Gasteiger partial charge in [0.2, 0.25) is 5.91 Å². The number of hydrogen-bond acceptors (Lipinski definition) is 3. The number of rotatable bonds is 6. The fraction of sp³-hybridized carbons (Fsp3) is 0.562. The Morgan fingerprint density at radius 2 is 1.92 bits per heavy atom. The van der Waals surface area contributed by atoms with E-state index < -0.39 is 12.8 Å². The molecule has 1 fully saturated rings. The van der Waals surface area contributed by atoms with E-state index in [1.807, 2.05) is 6.07 Å². The van der Waals surface area contributed by atoms with Crippen molar-refractivity contribution in [2.24, 2.45) is 5.92 Å². The summed E-state index contributed by atoms with van der Waals surface area (Å²) >= 11 is 0. The van der Waals surface area contributed by atoms with Gasteiger partial charge in [0, 0.05) is 12.5 Å². The lowest BCUT2D eigenvalue weighted by atomic mass is 9.97. The van der Waals surface area contributed by atoms with Gasteiger partial charge in [-0.2, -0.15) is 13.2 Å². The lowest BCUT2D eigenvalue weighted by molar-refractivity contribution is -0.176. The summed E-state index contributed by atoms with van der Waals surface area (Å²) in [5, 5.41) is 6.10. The number of ether oxygens (including phenoxy) is 1. The number of alkyl halides is 3. The molecule has 0 aliphatic carbocycles. The minimum absolute atomic E-state index is 0. The Morgan fingerprint density at radius 1 is 1.25 bits per heavy atom. The zero-order valence-corrected chi connectivity index (χ0v) is 14.0. The summed E-state index contributed by atoms with van der Waals surface area (Å²) in [6.45, 7) is 0.712. The molecule has 0 spiro atoms. The van der Waals surface area contributed by atoms with Crippen LogP contribution in [0.1, 0.15) is 24.0 Å². The molecule has 4 nitrogen and oxygen atoms in total. The Labute approximate surface area is 145 Å². The van der Waals surface area contributed by atoms with Crippen LogP contribution in [-0.2, 0) is 22.7 Å². The molecule has 1 aromatic rings. The topological polar surface area (TPSA) is 50.4 Å². The van der Waals surface area contributed by atoms with Crippen molar-refractivity contribution in [3.05, 3.63) is 35.4 Å². The van der Waals surface area contributed by atoms with Gasteiger partial charge in [0.1, 0.15) is 6.61 Å². The molecule has 0 atom stereocenters. The second-order valence-corrected chi connectivity index (χ2v) is 5.67. The average Bonchev–Trinajstić information content (AvgIpc) is 2.53. The fourth-order valence-corrected chi connectivity index (χ4v) is 2.53. The highest BCUT2D eigenvalue weighted by atomic mass is 35.5. The normalized spacial score (nSPS) is 15.6. The minimum atomic E-state index is -4.32. The Hall–Kier alpha value is -1.31. The summed E-state index contributed by atoms with van der Waals surface area (Å²) < 4.78 is 40.8. The molecule has 0 saturated carbocycles. The first-order valence-electron chi connectivity index (χ1n) is 7.65. The molecule has 0 aromatic heterocycles. The molecule has 1 aliphatic heterocycles. The summed E-state index contributed by atoms with van der Waals surface area (Å²) in [5.41, 5.74) is 1.50. The van der Waals surface area contributed by atoms with Crippen LogP contribution in [0.15, 0.2) is 24.3 Å². The van der Waals surface area contributed by atoms with Gasteiger partial charge in [0.15, 0.2) is 0 Å². The molecule has 8 heteroatoms. The molecule has 0 radical (unpaired) electrons. The summed E-state index contributed by atoms with van der Waals surface area (Å²) in [5.74, 6) is 0.0692. The first-order chi connectivity index (χ1) is 10.9. The Balaban J connectivity index is 0.00000288. The molecule has 1 aliphatic rings. The number of piperidine rings is 1. The Bertz CT molecular complexity index is 520. The summed E-state index contributed by atoms with van der Waals surface area (Å²) in [6.07, 6.45) is -2.66. The molecule has 0 unspecified atom stereocenters. The molecule has 2 N–H and O–H groups in total. The molecule has 1 amide bonds. The number of carbonyl (C=O) groups excluding carboxylic acids is 1. The number of nitrogens with one attached hydrogen (secondary N) is 2. The molecule has 24 heavy (non-hydrogen) atoms. The van der Waals surface area contributed by atoms with Crippen molar-refractivity contribution in [2.45, 2.75) is 32.2 Å². The van der Waals surface area contributed by atoms with Gasteiger partial charge in [-0.1, -0.05) is 24.3 Å². The van der Waals surface area contributed by atoms with Crippen molar-refractivity contribution in [1.82, 2.24) is 10.6 Å². The van der Waals surface area contributed by atoms with Crippen LogP contribution in [0.25, 0.3) is 0 Å². The Kier molecular flexibility index (Phi) is 8.52. The highest BCUT2D eigenvalue weighted by Crippen LogP contribution is 2.16. The van der Waals surface area contributed by atoms with Gasteiger partial charge in [-0.25, -0.2) is 0 Å². The number of hydrogen-bond donors (Lipinski definition) is 2. The number of benzene rings is 1. The zero-order valence-electron chi connectivity index (χ0n) is 13.2. The smallest absolute Gasteiger partial charge is 0.367 e. The average molecular weight is 367 g/mol. The quantitative estimate of drug-likeness (QED) is 0.814. The molecular weight excluding hydrogens is 345 g/mol. The van der Waals surface area contributed by atoms with Gasteiger partial charge < -0.3 is 15.4 Å². The third-order valence-electron chi connectivity index (χ3n) is 3.70. The molecule has 1 saturated heterocycles. The van der Waals surface area contributed by atoms with Crippen molar-refractivity contribution in [3.63, 3.8) is 0 Å². The zero-order chi connectivity index (χ0) is 16.7. The molecular formula is C16H22ClF3N2O2. The van der Waals surface area contributed by atoms with E-state index in [-0.39, 0.29) is 30.8 Å². The summed E-state index contributed by atoms with van der Waals surface area (Å²) in [4.78, 5) is 12.1. The second kappa shape index (κ2) is 9.86. The summed E-state index contributed by atoms with van der Waals surface area (Å²) in [6, 6.07) is 7.03. The number of carbonyl (C=O) groups is 1. The van der Waals surface area contributed by atoms with Crippen LogP contribution >= 0.6 is 12.4 Å². The maximum atomic E-state index is 12.1. The maximum absolute atomic E-state index is 12.1. The highest BCUT2D eigenvalue weighted by Gasteiger charge is 2.27. The van der Waals surface area contributed by atoms with Crippen LogP contribution in [0.5, 0.6) is 0 Å². The van der Waals surface area contributed by atoms with E-state index in [1.165, 1.54) is 0 Å². The second-order valence-electron chi connectivity index (χ2n) is 5.67. The highest BCUT2D eigenvalue weighted by molar-refractivity contribution is 5.85. The lowest BCUT2D eigenvalue weighted by Gasteiger charge is -2.21. The van der Waals surface area contributed by atoms with Gasteiger partial charge in [-0.15, -0.1) is 12.4 Å². The van der Waals surface area contributed by atoms with Gasteiger partial charge in [-0.3, -0.25) is 4.79 Å². The molecule has 2 rings (SSSR count). The van der Waals surface area contributed by atoms with Crippen molar-refractivity contribution in [3.8, 4) is 0 Å². The van der Waals surface area contributed by atoms with E-state index in [1.54, 1.807) is 18.2 Å². The third kappa shape index (κ3) is 7.51. The number of amides is 1. The first-order valence-corrected chi connectivity index (χ1v) is 7.65. The first kappa shape index (κ1) is 20.7. The fourth-order valence-electron chi connectivity index (χ4n) is 2.53. The Morgan fingerprint density at radius 3 is 2.58 bits per heavy atom. The molecule has 1 heterocycles. The standard InChI is InChI=1S/C16H21F3N2O2.ClH/c17-16(18,19)11-23-10-13-3-1-2-12(8-13)9-21-15(22)14-4-6-20-7-5-14;/h1-3,8,14,20H,4-7,9-11H2,(H,21,22);1H. The van der Waals surface area contributed by atoms with Gasteiger partial charge in [0.25, 0.3) is 0 Å².